The number of hydrogen-bond donors (Lipinski definition) is 2. The molecule has 17 heavy (non-hydrogen) atoms. The molecule has 1 amide bonds. The summed E-state index contributed by atoms with van der Waals surface area (Å²) in [6.45, 7) is -0.186. The van der Waals surface area contributed by atoms with E-state index in [9.17, 15) is 9.59 Å². The van der Waals surface area contributed by atoms with Gasteiger partial charge in [-0.1, -0.05) is 23.7 Å². The molecule has 1 aromatic heterocycles. The molecule has 2 rings (SSSR count). The van der Waals surface area contributed by atoms with Crippen LogP contribution in [0.5, 0.6) is 0 Å². The highest BCUT2D eigenvalue weighted by Crippen LogP contribution is 2.20. The Labute approximate surface area is 101 Å². The Balaban J connectivity index is 2.57. The molecule has 1 atom stereocenters. The van der Waals surface area contributed by atoms with Crippen LogP contribution in [0.15, 0.2) is 29.1 Å². The summed E-state index contributed by atoms with van der Waals surface area (Å²) < 4.78 is 2.14. The van der Waals surface area contributed by atoms with Gasteiger partial charge in [0.25, 0.3) is 5.56 Å². The third kappa shape index (κ3) is 2.09. The van der Waals surface area contributed by atoms with Gasteiger partial charge in [-0.05, 0) is 12.1 Å². The van der Waals surface area contributed by atoms with Crippen molar-refractivity contribution in [1.82, 2.24) is 3.96 Å². The Morgan fingerprint density at radius 2 is 2.18 bits per heavy atom. The maximum atomic E-state index is 12.0. The first kappa shape index (κ1) is 11.8. The zero-order valence-corrected chi connectivity index (χ0v) is 9.81. The third-order valence-electron chi connectivity index (χ3n) is 2.53. The number of carbonyl (C=O) groups is 1. The molecule has 0 saturated heterocycles. The summed E-state index contributed by atoms with van der Waals surface area (Å²) >= 11 is 1.19. The number of primary amides is 1. The maximum absolute atomic E-state index is 12.0. The fraction of sp³-hybridized carbons (Fsp3) is 0.273. The van der Waals surface area contributed by atoms with E-state index in [1.54, 1.807) is 12.1 Å². The lowest BCUT2D eigenvalue weighted by Gasteiger charge is -2.11. The van der Waals surface area contributed by atoms with E-state index in [0.717, 1.165) is 4.70 Å². The van der Waals surface area contributed by atoms with Crippen LogP contribution in [0, 0.1) is 0 Å². The van der Waals surface area contributed by atoms with Crippen LogP contribution in [0.1, 0.15) is 12.5 Å². The summed E-state index contributed by atoms with van der Waals surface area (Å²) in [5.74, 6) is -0.604. The number of benzene rings is 1. The van der Waals surface area contributed by atoms with Crippen molar-refractivity contribution in [2.24, 2.45) is 5.73 Å². The third-order valence-corrected chi connectivity index (χ3v) is 3.70. The van der Waals surface area contributed by atoms with Gasteiger partial charge in [0, 0.05) is 13.0 Å². The lowest BCUT2D eigenvalue weighted by Crippen LogP contribution is -2.31. The van der Waals surface area contributed by atoms with Crippen LogP contribution < -0.4 is 11.3 Å². The van der Waals surface area contributed by atoms with Crippen molar-refractivity contribution in [1.29, 1.82) is 0 Å². The second kappa shape index (κ2) is 4.68. The molecular formula is C11H12N2O3S. The minimum absolute atomic E-state index is 0.155. The molecule has 0 radical (unpaired) electrons. The highest BCUT2D eigenvalue weighted by atomic mass is 32.1. The van der Waals surface area contributed by atoms with E-state index in [0.29, 0.717) is 5.39 Å². The molecular weight excluding hydrogens is 240 g/mol. The number of aliphatic hydroxyl groups is 1. The number of amides is 1. The summed E-state index contributed by atoms with van der Waals surface area (Å²) in [7, 11) is 0. The molecule has 3 N–H and O–H groups in total. The van der Waals surface area contributed by atoms with E-state index < -0.39 is 11.9 Å². The predicted molar refractivity (Wildman–Crippen MR) is 66.0 cm³/mol. The fourth-order valence-electron chi connectivity index (χ4n) is 1.69. The van der Waals surface area contributed by atoms with Crippen molar-refractivity contribution in [2.45, 2.75) is 12.5 Å². The second-order valence-corrected chi connectivity index (χ2v) is 4.66. The van der Waals surface area contributed by atoms with Gasteiger partial charge in [-0.15, -0.1) is 0 Å². The van der Waals surface area contributed by atoms with Gasteiger partial charge in [0.2, 0.25) is 5.91 Å². The highest BCUT2D eigenvalue weighted by molar-refractivity contribution is 7.14. The summed E-state index contributed by atoms with van der Waals surface area (Å²) in [5, 5.41) is 9.47. The molecule has 90 valence electrons. The Bertz CT molecular complexity index is 602. The normalized spacial score (nSPS) is 12.8. The molecule has 5 nitrogen and oxygen atoms in total. The molecule has 2 aromatic rings. The first-order valence-corrected chi connectivity index (χ1v) is 5.93. The Hall–Kier alpha value is -1.66. The first-order chi connectivity index (χ1) is 8.15. The highest BCUT2D eigenvalue weighted by Gasteiger charge is 2.21. The number of nitrogens with two attached hydrogens (primary N) is 1. The number of aliphatic hydroxyl groups excluding tert-OH is 1. The van der Waals surface area contributed by atoms with Crippen molar-refractivity contribution in [3.05, 3.63) is 34.6 Å². The van der Waals surface area contributed by atoms with E-state index in [1.165, 1.54) is 15.5 Å². The average Bonchev–Trinajstić information content (AvgIpc) is 2.64. The Morgan fingerprint density at radius 3 is 2.76 bits per heavy atom. The van der Waals surface area contributed by atoms with Gasteiger partial charge in [-0.25, -0.2) is 0 Å². The smallest absolute Gasteiger partial charge is 0.269 e. The molecule has 0 saturated carbocycles. The summed E-state index contributed by atoms with van der Waals surface area (Å²) in [5.41, 5.74) is 5.01. The van der Waals surface area contributed by atoms with Crippen LogP contribution in [-0.4, -0.2) is 21.6 Å². The molecule has 6 heteroatoms. The monoisotopic (exact) mass is 252 g/mol. The van der Waals surface area contributed by atoms with Crippen molar-refractivity contribution in [2.75, 3.05) is 6.61 Å². The molecule has 0 bridgehead atoms. The molecule has 1 heterocycles. The van der Waals surface area contributed by atoms with Crippen LogP contribution in [-0.2, 0) is 4.79 Å². The number of carbonyl (C=O) groups excluding carboxylic acids is 1. The van der Waals surface area contributed by atoms with Crippen LogP contribution in [0.2, 0.25) is 0 Å². The number of aromatic nitrogens is 1. The standard InChI is InChI=1S/C11H12N2O3S/c12-10(15)8(5-6-14)13-11(16)7-3-1-2-4-9(7)17-13/h1-4,8,14H,5-6H2,(H2,12,15). The summed E-state index contributed by atoms with van der Waals surface area (Å²) in [6, 6.07) is 6.35. The molecule has 0 aliphatic rings. The molecule has 0 spiro atoms. The van der Waals surface area contributed by atoms with Gasteiger partial charge in [-0.3, -0.25) is 13.5 Å². The number of nitrogens with zero attached hydrogens (tertiary/aromatic N) is 1. The lowest BCUT2D eigenvalue weighted by molar-refractivity contribution is -0.121. The minimum Gasteiger partial charge on any atom is -0.396 e. The van der Waals surface area contributed by atoms with E-state index >= 15 is 0 Å². The van der Waals surface area contributed by atoms with Crippen molar-refractivity contribution in [3.8, 4) is 0 Å². The van der Waals surface area contributed by atoms with Crippen LogP contribution >= 0.6 is 11.5 Å². The van der Waals surface area contributed by atoms with Crippen molar-refractivity contribution >= 4 is 27.5 Å². The quantitative estimate of drug-likeness (QED) is 0.829. The van der Waals surface area contributed by atoms with Crippen molar-refractivity contribution < 1.29 is 9.90 Å². The molecule has 0 fully saturated rings. The molecule has 1 aromatic carbocycles. The number of hydrogen-bond acceptors (Lipinski definition) is 4. The van der Waals surface area contributed by atoms with Gasteiger partial charge < -0.3 is 10.8 Å². The molecule has 1 unspecified atom stereocenters. The van der Waals surface area contributed by atoms with Gasteiger partial charge in [-0.2, -0.15) is 0 Å². The topological polar surface area (TPSA) is 85.3 Å². The zero-order chi connectivity index (χ0) is 12.4. The van der Waals surface area contributed by atoms with E-state index in [4.69, 9.17) is 10.8 Å². The van der Waals surface area contributed by atoms with Crippen LogP contribution in [0.25, 0.3) is 10.1 Å². The predicted octanol–water partition coefficient (Wildman–Crippen LogP) is 0.472. The van der Waals surface area contributed by atoms with E-state index in [-0.39, 0.29) is 18.6 Å². The minimum atomic E-state index is -0.773. The van der Waals surface area contributed by atoms with Crippen LogP contribution in [0.3, 0.4) is 0 Å². The number of fused-ring (bicyclic) bond motifs is 1. The molecule has 0 aliphatic carbocycles. The fourth-order valence-corrected chi connectivity index (χ4v) is 2.81. The SMILES string of the molecule is NC(=O)C(CCO)n1sc2ccccc2c1=O. The average molecular weight is 252 g/mol. The van der Waals surface area contributed by atoms with Gasteiger partial charge >= 0.3 is 0 Å². The molecule has 0 aliphatic heterocycles. The first-order valence-electron chi connectivity index (χ1n) is 5.16. The van der Waals surface area contributed by atoms with E-state index in [2.05, 4.69) is 0 Å². The summed E-state index contributed by atoms with van der Waals surface area (Å²) in [6.07, 6.45) is 0.155. The number of rotatable bonds is 4. The summed E-state index contributed by atoms with van der Waals surface area (Å²) in [4.78, 5) is 23.3. The Morgan fingerprint density at radius 1 is 1.47 bits per heavy atom. The van der Waals surface area contributed by atoms with Crippen LogP contribution in [0.4, 0.5) is 0 Å². The largest absolute Gasteiger partial charge is 0.396 e. The van der Waals surface area contributed by atoms with Gasteiger partial charge in [0.15, 0.2) is 0 Å². The lowest BCUT2D eigenvalue weighted by atomic mass is 10.2. The maximum Gasteiger partial charge on any atom is 0.269 e. The van der Waals surface area contributed by atoms with Crippen molar-refractivity contribution in [3.63, 3.8) is 0 Å². The van der Waals surface area contributed by atoms with Gasteiger partial charge in [0.05, 0.1) is 10.1 Å². The zero-order valence-electron chi connectivity index (χ0n) is 9.00. The second-order valence-electron chi connectivity index (χ2n) is 3.65. The van der Waals surface area contributed by atoms with Gasteiger partial charge in [0.1, 0.15) is 6.04 Å². The Kier molecular flexibility index (Phi) is 3.26. The van der Waals surface area contributed by atoms with E-state index in [1.807, 2.05) is 12.1 Å².